The Kier molecular flexibility index (Phi) is 3.64. The predicted octanol–water partition coefficient (Wildman–Crippen LogP) is 2.06. The van der Waals surface area contributed by atoms with E-state index in [9.17, 15) is 4.21 Å². The number of rotatable bonds is 2. The van der Waals surface area contributed by atoms with Gasteiger partial charge in [0.25, 0.3) is 0 Å². The van der Waals surface area contributed by atoms with Gasteiger partial charge in [0.15, 0.2) is 0 Å². The topological polar surface area (TPSA) is 52.3 Å². The molecule has 1 saturated heterocycles. The van der Waals surface area contributed by atoms with Crippen LogP contribution in [0.3, 0.4) is 0 Å². The Morgan fingerprint density at radius 3 is 2.74 bits per heavy atom. The minimum atomic E-state index is -1.11. The molecule has 0 amide bonds. The molecule has 0 aliphatic carbocycles. The number of ether oxygens (including phenoxy) is 1. The van der Waals surface area contributed by atoms with Crippen LogP contribution in [0, 0.1) is 0 Å². The summed E-state index contributed by atoms with van der Waals surface area (Å²) in [6.07, 6.45) is 0.782. The van der Waals surface area contributed by atoms with Gasteiger partial charge < -0.3 is 10.5 Å². The van der Waals surface area contributed by atoms with Crippen molar-refractivity contribution in [2.45, 2.75) is 22.6 Å². The SMILES string of the molecule is NC1CCOCC1S(=O)c1ccc2ccccc2c1. The summed E-state index contributed by atoms with van der Waals surface area (Å²) < 4.78 is 18.0. The van der Waals surface area contributed by atoms with Crippen LogP contribution >= 0.6 is 0 Å². The van der Waals surface area contributed by atoms with Crippen LogP contribution in [0.15, 0.2) is 47.4 Å². The van der Waals surface area contributed by atoms with Crippen molar-refractivity contribution in [2.24, 2.45) is 5.73 Å². The molecule has 0 aromatic heterocycles. The van der Waals surface area contributed by atoms with Gasteiger partial charge in [-0.1, -0.05) is 30.3 Å². The molecule has 3 rings (SSSR count). The van der Waals surface area contributed by atoms with Crippen LogP contribution in [-0.2, 0) is 15.5 Å². The molecule has 0 saturated carbocycles. The summed E-state index contributed by atoms with van der Waals surface area (Å²) in [6.45, 7) is 1.16. The molecule has 0 radical (unpaired) electrons. The maximum absolute atomic E-state index is 12.6. The summed E-state index contributed by atoms with van der Waals surface area (Å²) in [5.41, 5.74) is 6.06. The lowest BCUT2D eigenvalue weighted by Gasteiger charge is -2.27. The fraction of sp³-hybridized carbons (Fsp3) is 0.333. The molecule has 1 aliphatic heterocycles. The Hall–Kier alpha value is -1.23. The molecule has 2 aromatic rings. The number of hydrogen-bond acceptors (Lipinski definition) is 3. The van der Waals surface area contributed by atoms with E-state index in [0.29, 0.717) is 13.2 Å². The van der Waals surface area contributed by atoms with E-state index in [4.69, 9.17) is 10.5 Å². The highest BCUT2D eigenvalue weighted by molar-refractivity contribution is 7.85. The van der Waals surface area contributed by atoms with Crippen molar-refractivity contribution in [3.8, 4) is 0 Å². The number of nitrogens with two attached hydrogens (primary N) is 1. The first kappa shape index (κ1) is 12.8. The largest absolute Gasteiger partial charge is 0.380 e. The minimum Gasteiger partial charge on any atom is -0.380 e. The Morgan fingerprint density at radius 1 is 1.16 bits per heavy atom. The highest BCUT2D eigenvalue weighted by Crippen LogP contribution is 2.22. The fourth-order valence-corrected chi connectivity index (χ4v) is 3.88. The third-order valence-corrected chi connectivity index (χ3v) is 5.34. The average molecular weight is 275 g/mol. The Bertz CT molecular complexity index is 614. The summed E-state index contributed by atoms with van der Waals surface area (Å²) in [7, 11) is -1.11. The van der Waals surface area contributed by atoms with Gasteiger partial charge in [0.05, 0.1) is 22.7 Å². The van der Waals surface area contributed by atoms with Gasteiger partial charge in [0, 0.05) is 17.5 Å². The molecule has 2 N–H and O–H groups in total. The monoisotopic (exact) mass is 275 g/mol. The third kappa shape index (κ3) is 2.56. The summed E-state index contributed by atoms with van der Waals surface area (Å²) >= 11 is 0. The lowest BCUT2D eigenvalue weighted by Crippen LogP contribution is -2.45. The second kappa shape index (κ2) is 5.41. The molecule has 0 bridgehead atoms. The lowest BCUT2D eigenvalue weighted by molar-refractivity contribution is 0.0904. The van der Waals surface area contributed by atoms with Gasteiger partial charge in [-0.2, -0.15) is 0 Å². The molecular formula is C15H17NO2S. The Balaban J connectivity index is 1.92. The molecule has 4 heteroatoms. The van der Waals surface area contributed by atoms with Gasteiger partial charge in [-0.05, 0) is 29.3 Å². The maximum Gasteiger partial charge on any atom is 0.0779 e. The van der Waals surface area contributed by atoms with Gasteiger partial charge >= 0.3 is 0 Å². The van der Waals surface area contributed by atoms with Crippen molar-refractivity contribution in [3.05, 3.63) is 42.5 Å². The van der Waals surface area contributed by atoms with Gasteiger partial charge in [-0.25, -0.2) is 0 Å². The van der Waals surface area contributed by atoms with E-state index in [2.05, 4.69) is 6.07 Å². The zero-order valence-electron chi connectivity index (χ0n) is 10.6. The van der Waals surface area contributed by atoms with Crippen molar-refractivity contribution < 1.29 is 8.95 Å². The highest BCUT2D eigenvalue weighted by Gasteiger charge is 2.28. The molecule has 1 aliphatic rings. The van der Waals surface area contributed by atoms with E-state index in [-0.39, 0.29) is 11.3 Å². The normalized spacial score (nSPS) is 25.3. The smallest absolute Gasteiger partial charge is 0.0779 e. The summed E-state index contributed by atoms with van der Waals surface area (Å²) in [5.74, 6) is 0. The van der Waals surface area contributed by atoms with E-state index in [1.807, 2.05) is 36.4 Å². The van der Waals surface area contributed by atoms with Crippen LogP contribution in [0.25, 0.3) is 10.8 Å². The van der Waals surface area contributed by atoms with Crippen molar-refractivity contribution in [2.75, 3.05) is 13.2 Å². The molecule has 2 aromatic carbocycles. The van der Waals surface area contributed by atoms with Crippen molar-refractivity contribution in [1.29, 1.82) is 0 Å². The van der Waals surface area contributed by atoms with Crippen molar-refractivity contribution in [1.82, 2.24) is 0 Å². The van der Waals surface area contributed by atoms with Gasteiger partial charge in [-0.15, -0.1) is 0 Å². The molecule has 1 fully saturated rings. The van der Waals surface area contributed by atoms with E-state index in [1.54, 1.807) is 0 Å². The maximum atomic E-state index is 12.6. The van der Waals surface area contributed by atoms with Crippen LogP contribution in [0.1, 0.15) is 6.42 Å². The third-order valence-electron chi connectivity index (χ3n) is 3.58. The fourth-order valence-electron chi connectivity index (χ4n) is 2.42. The molecule has 0 spiro atoms. The number of benzene rings is 2. The minimum absolute atomic E-state index is 0.0407. The molecule has 1 heterocycles. The molecule has 3 atom stereocenters. The first-order chi connectivity index (χ1) is 9.25. The zero-order chi connectivity index (χ0) is 13.2. The van der Waals surface area contributed by atoms with Gasteiger partial charge in [0.2, 0.25) is 0 Å². The molecule has 100 valence electrons. The molecular weight excluding hydrogens is 258 g/mol. The number of hydrogen-bond donors (Lipinski definition) is 1. The average Bonchev–Trinajstić information content (AvgIpc) is 2.46. The lowest BCUT2D eigenvalue weighted by atomic mass is 10.1. The van der Waals surface area contributed by atoms with Crippen LogP contribution in [-0.4, -0.2) is 28.7 Å². The summed E-state index contributed by atoms with van der Waals surface area (Å²) in [6, 6.07) is 14.0. The van der Waals surface area contributed by atoms with E-state index >= 15 is 0 Å². The summed E-state index contributed by atoms with van der Waals surface area (Å²) in [4.78, 5) is 0.838. The van der Waals surface area contributed by atoms with E-state index < -0.39 is 10.8 Å². The molecule has 3 nitrogen and oxygen atoms in total. The Labute approximate surface area is 115 Å². The molecule has 3 unspecified atom stereocenters. The second-order valence-electron chi connectivity index (χ2n) is 4.87. The first-order valence-electron chi connectivity index (χ1n) is 6.48. The van der Waals surface area contributed by atoms with Crippen molar-refractivity contribution >= 4 is 21.6 Å². The van der Waals surface area contributed by atoms with E-state index in [1.165, 1.54) is 0 Å². The van der Waals surface area contributed by atoms with E-state index in [0.717, 1.165) is 22.1 Å². The number of fused-ring (bicyclic) bond motifs is 1. The predicted molar refractivity (Wildman–Crippen MR) is 77.6 cm³/mol. The summed E-state index contributed by atoms with van der Waals surface area (Å²) in [5, 5.41) is 2.17. The second-order valence-corrected chi connectivity index (χ2v) is 6.54. The van der Waals surface area contributed by atoms with Crippen LogP contribution in [0.4, 0.5) is 0 Å². The highest BCUT2D eigenvalue weighted by atomic mass is 32.2. The first-order valence-corrected chi connectivity index (χ1v) is 7.70. The van der Waals surface area contributed by atoms with Crippen LogP contribution in [0.2, 0.25) is 0 Å². The van der Waals surface area contributed by atoms with Gasteiger partial charge in [-0.3, -0.25) is 4.21 Å². The van der Waals surface area contributed by atoms with Crippen LogP contribution in [0.5, 0.6) is 0 Å². The zero-order valence-corrected chi connectivity index (χ0v) is 11.4. The quantitative estimate of drug-likeness (QED) is 0.912. The standard InChI is InChI=1S/C15H17NO2S/c16-14-7-8-18-10-15(14)19(17)13-6-5-11-3-1-2-4-12(11)9-13/h1-6,9,14-15H,7-8,10,16H2. The Morgan fingerprint density at radius 2 is 1.95 bits per heavy atom. The van der Waals surface area contributed by atoms with Crippen LogP contribution < -0.4 is 5.73 Å². The van der Waals surface area contributed by atoms with Crippen molar-refractivity contribution in [3.63, 3.8) is 0 Å². The van der Waals surface area contributed by atoms with Gasteiger partial charge in [0.1, 0.15) is 0 Å². The molecule has 19 heavy (non-hydrogen) atoms.